The summed E-state index contributed by atoms with van der Waals surface area (Å²) in [5, 5.41) is 3.46. The number of nitrogens with zero attached hydrogens (tertiary/aromatic N) is 1. The van der Waals surface area contributed by atoms with E-state index in [2.05, 4.69) is 19.2 Å². The molecule has 0 radical (unpaired) electrons. The summed E-state index contributed by atoms with van der Waals surface area (Å²) in [4.78, 5) is 14.5. The molecular formula is C16H26N2O2. The van der Waals surface area contributed by atoms with Gasteiger partial charge in [0.05, 0.1) is 0 Å². The summed E-state index contributed by atoms with van der Waals surface area (Å²) in [5.74, 6) is 1.82. The first-order valence-corrected chi connectivity index (χ1v) is 7.71. The molecule has 1 amide bonds. The number of carbonyl (C=O) groups excluding carboxylic acids is 1. The molecule has 1 saturated heterocycles. The van der Waals surface area contributed by atoms with Gasteiger partial charge < -0.3 is 14.6 Å². The van der Waals surface area contributed by atoms with Crippen LogP contribution < -0.4 is 5.32 Å². The second kappa shape index (κ2) is 6.93. The topological polar surface area (TPSA) is 45.5 Å². The Morgan fingerprint density at radius 1 is 1.50 bits per heavy atom. The third kappa shape index (κ3) is 3.85. The average Bonchev–Trinajstić information content (AvgIpc) is 3.07. The minimum Gasteiger partial charge on any atom is -0.456 e. The van der Waals surface area contributed by atoms with E-state index in [0.29, 0.717) is 17.7 Å². The first-order valence-electron chi connectivity index (χ1n) is 7.71. The third-order valence-corrected chi connectivity index (χ3v) is 3.70. The van der Waals surface area contributed by atoms with Gasteiger partial charge in [-0.3, -0.25) is 4.79 Å². The van der Waals surface area contributed by atoms with Crippen molar-refractivity contribution in [2.24, 2.45) is 5.92 Å². The van der Waals surface area contributed by atoms with Crippen LogP contribution in [-0.4, -0.2) is 36.5 Å². The number of hydrogen-bond acceptors (Lipinski definition) is 3. The molecule has 0 bridgehead atoms. The largest absolute Gasteiger partial charge is 0.456 e. The Morgan fingerprint density at radius 2 is 2.30 bits per heavy atom. The van der Waals surface area contributed by atoms with Gasteiger partial charge >= 0.3 is 0 Å². The van der Waals surface area contributed by atoms with Crippen LogP contribution in [0, 0.1) is 5.92 Å². The van der Waals surface area contributed by atoms with E-state index in [-0.39, 0.29) is 5.91 Å². The summed E-state index contributed by atoms with van der Waals surface area (Å²) in [6.07, 6.45) is 3.18. The van der Waals surface area contributed by atoms with E-state index in [1.54, 1.807) is 6.07 Å². The second-order valence-corrected chi connectivity index (χ2v) is 6.02. The zero-order valence-corrected chi connectivity index (χ0v) is 12.8. The van der Waals surface area contributed by atoms with Crippen molar-refractivity contribution in [2.75, 3.05) is 19.6 Å². The van der Waals surface area contributed by atoms with Crippen LogP contribution in [0.25, 0.3) is 0 Å². The zero-order chi connectivity index (χ0) is 14.5. The molecule has 1 unspecified atom stereocenters. The highest BCUT2D eigenvalue weighted by Gasteiger charge is 2.24. The second-order valence-electron chi connectivity index (χ2n) is 6.02. The van der Waals surface area contributed by atoms with E-state index in [1.807, 2.05) is 17.9 Å². The van der Waals surface area contributed by atoms with E-state index >= 15 is 0 Å². The van der Waals surface area contributed by atoms with Gasteiger partial charge in [0.15, 0.2) is 5.76 Å². The fourth-order valence-electron chi connectivity index (χ4n) is 2.70. The van der Waals surface area contributed by atoms with Gasteiger partial charge in [0, 0.05) is 25.6 Å². The van der Waals surface area contributed by atoms with Crippen LogP contribution in [-0.2, 0) is 6.42 Å². The number of rotatable bonds is 6. The fourth-order valence-corrected chi connectivity index (χ4v) is 2.70. The van der Waals surface area contributed by atoms with E-state index in [9.17, 15) is 4.79 Å². The standard InChI is InChI=1S/C16H26N2O2/c1-4-14-7-8-15(20-14)16(19)18(10-12(2)3)11-13-6-5-9-17-13/h7-8,12-13,17H,4-6,9-11H2,1-3H3. The van der Waals surface area contributed by atoms with Crippen molar-refractivity contribution < 1.29 is 9.21 Å². The monoisotopic (exact) mass is 278 g/mol. The van der Waals surface area contributed by atoms with Gasteiger partial charge in [-0.1, -0.05) is 20.8 Å². The van der Waals surface area contributed by atoms with Crippen LogP contribution in [0.2, 0.25) is 0 Å². The molecule has 112 valence electrons. The van der Waals surface area contributed by atoms with Crippen LogP contribution >= 0.6 is 0 Å². The summed E-state index contributed by atoms with van der Waals surface area (Å²) in [6.45, 7) is 8.93. The third-order valence-electron chi connectivity index (χ3n) is 3.70. The summed E-state index contributed by atoms with van der Waals surface area (Å²) < 4.78 is 5.61. The van der Waals surface area contributed by atoms with Crippen molar-refractivity contribution in [3.63, 3.8) is 0 Å². The van der Waals surface area contributed by atoms with Crippen molar-refractivity contribution >= 4 is 5.91 Å². The maximum atomic E-state index is 12.6. The maximum Gasteiger partial charge on any atom is 0.289 e. The van der Waals surface area contributed by atoms with Gasteiger partial charge in [0.1, 0.15) is 5.76 Å². The number of carbonyl (C=O) groups is 1. The van der Waals surface area contributed by atoms with Crippen LogP contribution in [0.4, 0.5) is 0 Å². The van der Waals surface area contributed by atoms with Gasteiger partial charge in [-0.2, -0.15) is 0 Å². The fraction of sp³-hybridized carbons (Fsp3) is 0.688. The van der Waals surface area contributed by atoms with Gasteiger partial charge in [-0.15, -0.1) is 0 Å². The Kier molecular flexibility index (Phi) is 5.24. The molecular weight excluding hydrogens is 252 g/mol. The Morgan fingerprint density at radius 3 is 2.85 bits per heavy atom. The molecule has 0 spiro atoms. The van der Waals surface area contributed by atoms with Crippen molar-refractivity contribution in [1.82, 2.24) is 10.2 Å². The van der Waals surface area contributed by atoms with Gasteiger partial charge in [0.25, 0.3) is 5.91 Å². The zero-order valence-electron chi connectivity index (χ0n) is 12.8. The molecule has 1 N–H and O–H groups in total. The average molecular weight is 278 g/mol. The Labute approximate surface area is 121 Å². The van der Waals surface area contributed by atoms with Gasteiger partial charge in [-0.05, 0) is 37.4 Å². The van der Waals surface area contributed by atoms with Gasteiger partial charge in [-0.25, -0.2) is 0 Å². The highest BCUT2D eigenvalue weighted by atomic mass is 16.4. The first-order chi connectivity index (χ1) is 9.60. The molecule has 1 aromatic rings. The highest BCUT2D eigenvalue weighted by Crippen LogP contribution is 2.15. The van der Waals surface area contributed by atoms with Crippen LogP contribution in [0.1, 0.15) is 49.9 Å². The normalized spacial score (nSPS) is 18.7. The molecule has 1 aliphatic rings. The molecule has 0 saturated carbocycles. The lowest BCUT2D eigenvalue weighted by Crippen LogP contribution is -2.42. The SMILES string of the molecule is CCc1ccc(C(=O)N(CC(C)C)CC2CCCN2)o1. The number of hydrogen-bond donors (Lipinski definition) is 1. The van der Waals surface area contributed by atoms with E-state index < -0.39 is 0 Å². The minimum absolute atomic E-state index is 0.0205. The maximum absolute atomic E-state index is 12.6. The molecule has 2 rings (SSSR count). The number of amides is 1. The Hall–Kier alpha value is -1.29. The summed E-state index contributed by atoms with van der Waals surface area (Å²) >= 11 is 0. The number of aryl methyl sites for hydroxylation is 1. The van der Waals surface area contributed by atoms with E-state index in [0.717, 1.165) is 38.2 Å². The highest BCUT2D eigenvalue weighted by molar-refractivity contribution is 5.91. The molecule has 20 heavy (non-hydrogen) atoms. The minimum atomic E-state index is 0.0205. The molecule has 1 aromatic heterocycles. The Balaban J connectivity index is 2.05. The molecule has 0 aliphatic carbocycles. The van der Waals surface area contributed by atoms with Crippen molar-refractivity contribution in [3.05, 3.63) is 23.7 Å². The summed E-state index contributed by atoms with van der Waals surface area (Å²) in [5.41, 5.74) is 0. The van der Waals surface area contributed by atoms with Crippen molar-refractivity contribution in [1.29, 1.82) is 0 Å². The molecule has 1 atom stereocenters. The lowest BCUT2D eigenvalue weighted by molar-refractivity contribution is 0.0687. The Bertz CT molecular complexity index is 433. The van der Waals surface area contributed by atoms with Crippen LogP contribution in [0.15, 0.2) is 16.5 Å². The quantitative estimate of drug-likeness (QED) is 0.870. The van der Waals surface area contributed by atoms with Gasteiger partial charge in [0.2, 0.25) is 0 Å². The molecule has 1 fully saturated rings. The number of furan rings is 1. The van der Waals surface area contributed by atoms with E-state index in [4.69, 9.17) is 4.42 Å². The lowest BCUT2D eigenvalue weighted by Gasteiger charge is -2.26. The summed E-state index contributed by atoms with van der Waals surface area (Å²) in [6, 6.07) is 4.13. The summed E-state index contributed by atoms with van der Waals surface area (Å²) in [7, 11) is 0. The van der Waals surface area contributed by atoms with Crippen molar-refractivity contribution in [3.8, 4) is 0 Å². The number of nitrogens with one attached hydrogen (secondary N) is 1. The first kappa shape index (κ1) is 15.1. The molecule has 0 aromatic carbocycles. The van der Waals surface area contributed by atoms with Crippen LogP contribution in [0.3, 0.4) is 0 Å². The molecule has 4 heteroatoms. The van der Waals surface area contributed by atoms with E-state index in [1.165, 1.54) is 6.42 Å². The molecule has 1 aliphatic heterocycles. The smallest absolute Gasteiger partial charge is 0.289 e. The lowest BCUT2D eigenvalue weighted by atomic mass is 10.1. The van der Waals surface area contributed by atoms with Crippen molar-refractivity contribution in [2.45, 2.75) is 46.1 Å². The molecule has 2 heterocycles. The van der Waals surface area contributed by atoms with Crippen LogP contribution in [0.5, 0.6) is 0 Å². The predicted octanol–water partition coefficient (Wildman–Crippen LogP) is 2.69. The predicted molar refractivity (Wildman–Crippen MR) is 79.9 cm³/mol. The molecule has 4 nitrogen and oxygen atoms in total.